The SMILES string of the molecule is C=C[C@H]1C[C@@H](S(=O)(=O)c2ccccc2)[C@H](c2ccccc2)O1. The van der Waals surface area contributed by atoms with Crippen molar-refractivity contribution in [2.24, 2.45) is 0 Å². The summed E-state index contributed by atoms with van der Waals surface area (Å²) in [6.45, 7) is 3.74. The molecule has 1 fully saturated rings. The third-order valence-corrected chi connectivity index (χ3v) is 6.15. The van der Waals surface area contributed by atoms with E-state index in [1.165, 1.54) is 0 Å². The van der Waals surface area contributed by atoms with Gasteiger partial charge in [0.15, 0.2) is 9.84 Å². The first-order chi connectivity index (χ1) is 10.6. The third kappa shape index (κ3) is 2.72. The Morgan fingerprint density at radius 1 is 1.00 bits per heavy atom. The number of hydrogen-bond acceptors (Lipinski definition) is 3. The molecule has 4 heteroatoms. The Balaban J connectivity index is 2.01. The van der Waals surface area contributed by atoms with Crippen molar-refractivity contribution in [1.29, 1.82) is 0 Å². The van der Waals surface area contributed by atoms with Crippen LogP contribution in [-0.2, 0) is 14.6 Å². The van der Waals surface area contributed by atoms with Gasteiger partial charge in [-0.3, -0.25) is 0 Å². The van der Waals surface area contributed by atoms with Gasteiger partial charge in [0.2, 0.25) is 0 Å². The summed E-state index contributed by atoms with van der Waals surface area (Å²) in [5.74, 6) is 0. The first-order valence-corrected chi connectivity index (χ1v) is 8.79. The molecule has 0 unspecified atom stereocenters. The van der Waals surface area contributed by atoms with Crippen LogP contribution in [0, 0.1) is 0 Å². The second-order valence-corrected chi connectivity index (χ2v) is 7.54. The summed E-state index contributed by atoms with van der Waals surface area (Å²) in [6, 6.07) is 18.1. The van der Waals surface area contributed by atoms with E-state index in [1.807, 2.05) is 36.4 Å². The van der Waals surface area contributed by atoms with Crippen molar-refractivity contribution < 1.29 is 13.2 Å². The highest BCUT2D eigenvalue weighted by molar-refractivity contribution is 7.92. The summed E-state index contributed by atoms with van der Waals surface area (Å²) in [5, 5.41) is -0.597. The number of rotatable bonds is 4. The second kappa shape index (κ2) is 6.07. The molecule has 2 aromatic carbocycles. The van der Waals surface area contributed by atoms with Crippen LogP contribution in [0.25, 0.3) is 0 Å². The van der Waals surface area contributed by atoms with Crippen LogP contribution in [0.4, 0.5) is 0 Å². The van der Waals surface area contributed by atoms with Gasteiger partial charge in [0, 0.05) is 0 Å². The molecule has 0 aromatic heterocycles. The van der Waals surface area contributed by atoms with Crippen LogP contribution in [0.1, 0.15) is 18.1 Å². The Labute approximate surface area is 131 Å². The molecule has 0 amide bonds. The maximum atomic E-state index is 13.0. The maximum absolute atomic E-state index is 13.0. The molecule has 1 aliphatic rings. The maximum Gasteiger partial charge on any atom is 0.184 e. The Morgan fingerprint density at radius 2 is 1.59 bits per heavy atom. The fourth-order valence-corrected chi connectivity index (χ4v) is 4.72. The smallest absolute Gasteiger partial charge is 0.184 e. The summed E-state index contributed by atoms with van der Waals surface area (Å²) in [4.78, 5) is 0.342. The molecule has 22 heavy (non-hydrogen) atoms. The van der Waals surface area contributed by atoms with Crippen LogP contribution in [-0.4, -0.2) is 19.8 Å². The van der Waals surface area contributed by atoms with E-state index >= 15 is 0 Å². The molecule has 3 nitrogen and oxygen atoms in total. The van der Waals surface area contributed by atoms with Crippen LogP contribution in [0.3, 0.4) is 0 Å². The Hall–Kier alpha value is -1.91. The lowest BCUT2D eigenvalue weighted by Gasteiger charge is -2.19. The lowest BCUT2D eigenvalue weighted by molar-refractivity contribution is 0.0720. The second-order valence-electron chi connectivity index (χ2n) is 5.37. The first kappa shape index (κ1) is 15.0. The molecule has 0 saturated carbocycles. The van der Waals surface area contributed by atoms with Gasteiger partial charge < -0.3 is 4.74 Å². The minimum atomic E-state index is -3.45. The Morgan fingerprint density at radius 3 is 2.18 bits per heavy atom. The van der Waals surface area contributed by atoms with Crippen molar-refractivity contribution in [3.05, 3.63) is 78.9 Å². The van der Waals surface area contributed by atoms with Crippen molar-refractivity contribution in [2.45, 2.75) is 28.8 Å². The third-order valence-electron chi connectivity index (χ3n) is 3.98. The molecule has 1 heterocycles. The van der Waals surface area contributed by atoms with E-state index in [0.29, 0.717) is 11.3 Å². The largest absolute Gasteiger partial charge is 0.365 e. The fourth-order valence-electron chi connectivity index (χ4n) is 2.85. The molecule has 3 rings (SSSR count). The van der Waals surface area contributed by atoms with Crippen LogP contribution in [0.15, 0.2) is 78.2 Å². The highest BCUT2D eigenvalue weighted by Crippen LogP contribution is 2.40. The predicted octanol–water partition coefficient (Wildman–Crippen LogP) is 3.55. The topological polar surface area (TPSA) is 43.4 Å². The molecule has 114 valence electrons. The summed E-state index contributed by atoms with van der Waals surface area (Å²) in [5.41, 5.74) is 0.886. The number of benzene rings is 2. The van der Waals surface area contributed by atoms with E-state index in [9.17, 15) is 8.42 Å². The zero-order valence-corrected chi connectivity index (χ0v) is 12.9. The molecular formula is C18H18O3S. The van der Waals surface area contributed by atoms with E-state index in [4.69, 9.17) is 4.74 Å². The molecular weight excluding hydrogens is 296 g/mol. The highest BCUT2D eigenvalue weighted by Gasteiger charge is 2.43. The summed E-state index contributed by atoms with van der Waals surface area (Å²) in [7, 11) is -3.45. The minimum Gasteiger partial charge on any atom is -0.365 e. The molecule has 0 N–H and O–H groups in total. The lowest BCUT2D eigenvalue weighted by atomic mass is 10.1. The molecule has 0 bridgehead atoms. The fraction of sp³-hybridized carbons (Fsp3) is 0.222. The zero-order chi connectivity index (χ0) is 15.6. The van der Waals surface area contributed by atoms with Crippen LogP contribution < -0.4 is 0 Å². The van der Waals surface area contributed by atoms with Crippen LogP contribution >= 0.6 is 0 Å². The minimum absolute atomic E-state index is 0.242. The van der Waals surface area contributed by atoms with Crippen molar-refractivity contribution in [2.75, 3.05) is 0 Å². The Kier molecular flexibility index (Phi) is 4.14. The van der Waals surface area contributed by atoms with E-state index in [2.05, 4.69) is 6.58 Å². The van der Waals surface area contributed by atoms with Gasteiger partial charge in [0.25, 0.3) is 0 Å². The Bertz CT molecular complexity index is 738. The van der Waals surface area contributed by atoms with Gasteiger partial charge in [-0.15, -0.1) is 6.58 Å². The number of hydrogen-bond donors (Lipinski definition) is 0. The quantitative estimate of drug-likeness (QED) is 0.811. The standard InChI is InChI=1S/C18H18O3S/c1-2-15-13-17(18(21-15)14-9-5-3-6-10-14)22(19,20)16-11-7-4-8-12-16/h2-12,15,17-18H,1,13H2/t15-,17+,18-/m0/s1. The molecule has 0 spiro atoms. The summed E-state index contributed by atoms with van der Waals surface area (Å²) < 4.78 is 31.9. The molecule has 2 aromatic rings. The highest BCUT2D eigenvalue weighted by atomic mass is 32.2. The molecule has 3 atom stereocenters. The molecule has 0 radical (unpaired) electrons. The summed E-state index contributed by atoms with van der Waals surface area (Å²) >= 11 is 0. The van der Waals surface area contributed by atoms with Crippen molar-refractivity contribution in [3.8, 4) is 0 Å². The van der Waals surface area contributed by atoms with Gasteiger partial charge in [0.1, 0.15) is 6.10 Å². The monoisotopic (exact) mass is 314 g/mol. The first-order valence-electron chi connectivity index (χ1n) is 7.25. The zero-order valence-electron chi connectivity index (χ0n) is 12.1. The number of sulfone groups is 1. The predicted molar refractivity (Wildman–Crippen MR) is 86.3 cm³/mol. The van der Waals surface area contributed by atoms with Crippen LogP contribution in [0.2, 0.25) is 0 Å². The molecule has 0 aliphatic carbocycles. The van der Waals surface area contributed by atoms with Gasteiger partial charge >= 0.3 is 0 Å². The van der Waals surface area contributed by atoms with Crippen molar-refractivity contribution in [1.82, 2.24) is 0 Å². The van der Waals surface area contributed by atoms with E-state index in [1.54, 1.807) is 30.3 Å². The summed E-state index contributed by atoms with van der Waals surface area (Å²) in [6.07, 6.45) is 1.40. The van der Waals surface area contributed by atoms with Gasteiger partial charge in [-0.25, -0.2) is 8.42 Å². The van der Waals surface area contributed by atoms with Crippen molar-refractivity contribution >= 4 is 9.84 Å². The van der Waals surface area contributed by atoms with E-state index in [0.717, 1.165) is 5.56 Å². The van der Waals surface area contributed by atoms with Gasteiger partial charge in [0.05, 0.1) is 16.2 Å². The van der Waals surface area contributed by atoms with Crippen molar-refractivity contribution in [3.63, 3.8) is 0 Å². The van der Waals surface area contributed by atoms with Crippen LogP contribution in [0.5, 0.6) is 0 Å². The lowest BCUT2D eigenvalue weighted by Crippen LogP contribution is -2.25. The van der Waals surface area contributed by atoms with E-state index < -0.39 is 21.2 Å². The van der Waals surface area contributed by atoms with Gasteiger partial charge in [-0.05, 0) is 24.1 Å². The number of ether oxygens (including phenoxy) is 1. The van der Waals surface area contributed by atoms with Gasteiger partial charge in [-0.2, -0.15) is 0 Å². The van der Waals surface area contributed by atoms with E-state index in [-0.39, 0.29) is 6.10 Å². The molecule has 1 saturated heterocycles. The average Bonchev–Trinajstić information content (AvgIpc) is 3.02. The normalized spacial score (nSPS) is 25.0. The van der Waals surface area contributed by atoms with Gasteiger partial charge in [-0.1, -0.05) is 54.6 Å². The molecule has 1 aliphatic heterocycles. The average molecular weight is 314 g/mol.